The summed E-state index contributed by atoms with van der Waals surface area (Å²) in [6, 6.07) is 9.31. The summed E-state index contributed by atoms with van der Waals surface area (Å²) in [6.07, 6.45) is 1.63. The van der Waals surface area contributed by atoms with Crippen molar-refractivity contribution in [2.24, 2.45) is 10.9 Å². The Morgan fingerprint density at radius 1 is 1.29 bits per heavy atom. The van der Waals surface area contributed by atoms with Crippen molar-refractivity contribution in [3.8, 4) is 0 Å². The summed E-state index contributed by atoms with van der Waals surface area (Å²) in [5.74, 6) is 1.59. The van der Waals surface area contributed by atoms with Gasteiger partial charge < -0.3 is 19.7 Å². The quantitative estimate of drug-likeness (QED) is 0.338. The summed E-state index contributed by atoms with van der Waals surface area (Å²) < 4.78 is 35.2. The van der Waals surface area contributed by atoms with Crippen molar-refractivity contribution < 1.29 is 17.9 Å². The van der Waals surface area contributed by atoms with E-state index in [-0.39, 0.29) is 11.5 Å². The molecular formula is C20H33N3O4S. The van der Waals surface area contributed by atoms with Crippen molar-refractivity contribution in [3.05, 3.63) is 35.9 Å². The van der Waals surface area contributed by atoms with Crippen LogP contribution in [0.3, 0.4) is 0 Å². The van der Waals surface area contributed by atoms with E-state index in [0.717, 1.165) is 37.6 Å². The van der Waals surface area contributed by atoms with E-state index < -0.39 is 9.84 Å². The minimum atomic E-state index is -3.10. The molecule has 8 heteroatoms. The molecule has 1 N–H and O–H groups in total. The Morgan fingerprint density at radius 2 is 2.07 bits per heavy atom. The molecular weight excluding hydrogens is 378 g/mol. The van der Waals surface area contributed by atoms with Gasteiger partial charge in [-0.2, -0.15) is 0 Å². The van der Waals surface area contributed by atoms with Crippen LogP contribution in [-0.2, 0) is 25.1 Å². The number of rotatable bonds is 11. The van der Waals surface area contributed by atoms with E-state index in [1.807, 2.05) is 30.3 Å². The van der Waals surface area contributed by atoms with Gasteiger partial charge in [0.05, 0.1) is 31.3 Å². The lowest BCUT2D eigenvalue weighted by atomic mass is 10.1. The molecule has 1 aromatic rings. The standard InChI is InChI=1S/C20H33N3O4S/c1-21-20(23-11-9-19(15-23)16-27-13-12-26-2)22-10-6-14-28(24,25)17-18-7-4-3-5-8-18/h3-5,7-8,19H,6,9-17H2,1-2H3,(H,21,22). The van der Waals surface area contributed by atoms with Crippen molar-refractivity contribution in [2.75, 3.05) is 59.4 Å². The average Bonchev–Trinajstić information content (AvgIpc) is 3.14. The third-order valence-electron chi connectivity index (χ3n) is 4.73. The van der Waals surface area contributed by atoms with Crippen LogP contribution in [0.25, 0.3) is 0 Å². The fourth-order valence-corrected chi connectivity index (χ4v) is 4.71. The van der Waals surface area contributed by atoms with Crippen LogP contribution in [0.2, 0.25) is 0 Å². The molecule has 0 aromatic heterocycles. The molecule has 0 aliphatic carbocycles. The number of guanidine groups is 1. The molecule has 1 unspecified atom stereocenters. The molecule has 28 heavy (non-hydrogen) atoms. The van der Waals surface area contributed by atoms with E-state index in [1.54, 1.807) is 14.2 Å². The zero-order valence-electron chi connectivity index (χ0n) is 17.0. The summed E-state index contributed by atoms with van der Waals surface area (Å²) in [5, 5.41) is 3.30. The first-order valence-electron chi connectivity index (χ1n) is 9.80. The predicted octanol–water partition coefficient (Wildman–Crippen LogP) is 1.55. The first-order valence-corrected chi connectivity index (χ1v) is 11.6. The Hall–Kier alpha value is -1.64. The fraction of sp³-hybridized carbons (Fsp3) is 0.650. The second kappa shape index (κ2) is 12.0. The number of sulfone groups is 1. The number of methoxy groups -OCH3 is 1. The van der Waals surface area contributed by atoms with Crippen LogP contribution >= 0.6 is 0 Å². The van der Waals surface area contributed by atoms with Crippen molar-refractivity contribution in [1.82, 2.24) is 10.2 Å². The molecule has 1 aliphatic heterocycles. The van der Waals surface area contributed by atoms with Gasteiger partial charge in [0, 0.05) is 39.7 Å². The van der Waals surface area contributed by atoms with Crippen molar-refractivity contribution in [3.63, 3.8) is 0 Å². The van der Waals surface area contributed by atoms with Crippen molar-refractivity contribution >= 4 is 15.8 Å². The van der Waals surface area contributed by atoms with Gasteiger partial charge in [-0.3, -0.25) is 4.99 Å². The van der Waals surface area contributed by atoms with E-state index in [2.05, 4.69) is 15.2 Å². The summed E-state index contributed by atoms with van der Waals surface area (Å²) in [7, 11) is 0.328. The monoisotopic (exact) mass is 411 g/mol. The van der Waals surface area contributed by atoms with Gasteiger partial charge in [-0.05, 0) is 18.4 Å². The van der Waals surface area contributed by atoms with Gasteiger partial charge in [0.25, 0.3) is 0 Å². The van der Waals surface area contributed by atoms with Crippen LogP contribution < -0.4 is 5.32 Å². The molecule has 1 heterocycles. The highest BCUT2D eigenvalue weighted by atomic mass is 32.2. The van der Waals surface area contributed by atoms with Crippen LogP contribution in [0.4, 0.5) is 0 Å². The molecule has 1 aliphatic rings. The Balaban J connectivity index is 1.67. The maximum atomic E-state index is 12.3. The second-order valence-electron chi connectivity index (χ2n) is 7.07. The van der Waals surface area contributed by atoms with Crippen LogP contribution in [-0.4, -0.2) is 78.6 Å². The van der Waals surface area contributed by atoms with Gasteiger partial charge in [0.15, 0.2) is 15.8 Å². The number of nitrogens with zero attached hydrogens (tertiary/aromatic N) is 2. The zero-order valence-corrected chi connectivity index (χ0v) is 17.8. The highest BCUT2D eigenvalue weighted by Gasteiger charge is 2.24. The molecule has 158 valence electrons. The number of hydrogen-bond donors (Lipinski definition) is 1. The Labute approximate surface area is 169 Å². The lowest BCUT2D eigenvalue weighted by Gasteiger charge is -2.21. The molecule has 2 rings (SSSR count). The van der Waals surface area contributed by atoms with Gasteiger partial charge in [-0.25, -0.2) is 8.42 Å². The lowest BCUT2D eigenvalue weighted by molar-refractivity contribution is 0.0536. The van der Waals surface area contributed by atoms with E-state index >= 15 is 0 Å². The molecule has 1 aromatic carbocycles. The van der Waals surface area contributed by atoms with Gasteiger partial charge in [-0.1, -0.05) is 30.3 Å². The van der Waals surface area contributed by atoms with E-state index in [9.17, 15) is 8.42 Å². The molecule has 0 spiro atoms. The third-order valence-corrected chi connectivity index (χ3v) is 6.41. The second-order valence-corrected chi connectivity index (χ2v) is 9.26. The minimum Gasteiger partial charge on any atom is -0.382 e. The fourth-order valence-electron chi connectivity index (χ4n) is 3.28. The third kappa shape index (κ3) is 8.16. The predicted molar refractivity (Wildman–Crippen MR) is 112 cm³/mol. The zero-order chi connectivity index (χ0) is 20.2. The molecule has 1 fully saturated rings. The van der Waals surface area contributed by atoms with Crippen LogP contribution in [0.5, 0.6) is 0 Å². The molecule has 0 bridgehead atoms. The maximum Gasteiger partial charge on any atom is 0.193 e. The summed E-state index contributed by atoms with van der Waals surface area (Å²) in [5.41, 5.74) is 0.835. The number of ether oxygens (including phenoxy) is 2. The molecule has 1 saturated heterocycles. The number of nitrogens with one attached hydrogen (secondary N) is 1. The SMILES string of the molecule is CN=C(NCCCS(=O)(=O)Cc1ccccc1)N1CCC(COCCOC)C1. The smallest absolute Gasteiger partial charge is 0.193 e. The van der Waals surface area contributed by atoms with E-state index in [1.165, 1.54) is 0 Å². The minimum absolute atomic E-state index is 0.0967. The Kier molecular flexibility index (Phi) is 9.73. The number of likely N-dealkylation sites (tertiary alicyclic amines) is 1. The first kappa shape index (κ1) is 22.6. The molecule has 0 radical (unpaired) electrons. The molecule has 7 nitrogen and oxygen atoms in total. The lowest BCUT2D eigenvalue weighted by Crippen LogP contribution is -2.41. The molecule has 0 amide bonds. The van der Waals surface area contributed by atoms with Gasteiger partial charge in [0.2, 0.25) is 0 Å². The number of aliphatic imine (C=N–C) groups is 1. The van der Waals surface area contributed by atoms with E-state index in [0.29, 0.717) is 32.1 Å². The number of hydrogen-bond acceptors (Lipinski definition) is 5. The van der Waals surface area contributed by atoms with Crippen molar-refractivity contribution in [1.29, 1.82) is 0 Å². The van der Waals surface area contributed by atoms with E-state index in [4.69, 9.17) is 9.47 Å². The molecule has 0 saturated carbocycles. The average molecular weight is 412 g/mol. The first-order chi connectivity index (χ1) is 13.5. The summed E-state index contributed by atoms with van der Waals surface area (Å²) in [6.45, 7) is 4.40. The van der Waals surface area contributed by atoms with Crippen molar-refractivity contribution in [2.45, 2.75) is 18.6 Å². The number of benzene rings is 1. The highest BCUT2D eigenvalue weighted by Crippen LogP contribution is 2.16. The molecule has 1 atom stereocenters. The highest BCUT2D eigenvalue weighted by molar-refractivity contribution is 7.90. The van der Waals surface area contributed by atoms with Gasteiger partial charge in [-0.15, -0.1) is 0 Å². The normalized spacial score (nSPS) is 17.9. The van der Waals surface area contributed by atoms with Crippen LogP contribution in [0, 0.1) is 5.92 Å². The van der Waals surface area contributed by atoms with Gasteiger partial charge in [0.1, 0.15) is 0 Å². The van der Waals surface area contributed by atoms with Crippen LogP contribution in [0.15, 0.2) is 35.3 Å². The Bertz CT molecular complexity index is 695. The summed E-state index contributed by atoms with van der Waals surface area (Å²) >= 11 is 0. The summed E-state index contributed by atoms with van der Waals surface area (Å²) in [4.78, 5) is 6.55. The Morgan fingerprint density at radius 3 is 2.79 bits per heavy atom. The topological polar surface area (TPSA) is 80.2 Å². The maximum absolute atomic E-state index is 12.3. The van der Waals surface area contributed by atoms with Gasteiger partial charge >= 0.3 is 0 Å². The van der Waals surface area contributed by atoms with Crippen LogP contribution in [0.1, 0.15) is 18.4 Å². The largest absolute Gasteiger partial charge is 0.382 e.